The zero-order valence-electron chi connectivity index (χ0n) is 17.0. The Kier molecular flexibility index (Phi) is 4.85. The number of hydrogen-bond donors (Lipinski definition) is 1. The first-order valence-electron chi connectivity index (χ1n) is 10.4. The van der Waals surface area contributed by atoms with Crippen LogP contribution in [-0.2, 0) is 0 Å². The molecule has 0 amide bonds. The van der Waals surface area contributed by atoms with Gasteiger partial charge in [-0.15, -0.1) is 0 Å². The highest BCUT2D eigenvalue weighted by molar-refractivity contribution is 5.87. The van der Waals surface area contributed by atoms with Gasteiger partial charge in [0.1, 0.15) is 5.65 Å². The van der Waals surface area contributed by atoms with Crippen molar-refractivity contribution in [1.29, 1.82) is 0 Å². The van der Waals surface area contributed by atoms with E-state index < -0.39 is 0 Å². The summed E-state index contributed by atoms with van der Waals surface area (Å²) in [6.45, 7) is 2.02. The maximum atomic E-state index is 6.01. The molecule has 0 spiro atoms. The summed E-state index contributed by atoms with van der Waals surface area (Å²) in [5.74, 6) is 0.509. The highest BCUT2D eigenvalue weighted by Gasteiger charge is 2.16. The normalized spacial score (nSPS) is 16.7. The Morgan fingerprint density at radius 1 is 0.967 bits per heavy atom. The molecule has 3 aromatic heterocycles. The van der Waals surface area contributed by atoms with Crippen molar-refractivity contribution in [2.45, 2.75) is 38.6 Å². The third-order valence-corrected chi connectivity index (χ3v) is 5.68. The number of nitrogens with two attached hydrogens (primary N) is 1. The minimum absolute atomic E-state index is 0.287. The predicted molar refractivity (Wildman–Crippen MR) is 120 cm³/mol. The SMILES string of the molecule is Cc1cnc(N=C2CCC(N)CC2)nc1-c1cnc2ccc(-c3ccccc3)cn12. The highest BCUT2D eigenvalue weighted by atomic mass is 15.1. The lowest BCUT2D eigenvalue weighted by Crippen LogP contribution is -2.26. The number of pyridine rings is 1. The second kappa shape index (κ2) is 7.80. The van der Waals surface area contributed by atoms with Crippen molar-refractivity contribution in [3.63, 3.8) is 0 Å². The molecule has 1 aliphatic carbocycles. The van der Waals surface area contributed by atoms with E-state index in [4.69, 9.17) is 15.7 Å². The van der Waals surface area contributed by atoms with Gasteiger partial charge in [0.25, 0.3) is 0 Å². The summed E-state index contributed by atoms with van der Waals surface area (Å²) >= 11 is 0. The number of imidazole rings is 1. The summed E-state index contributed by atoms with van der Waals surface area (Å²) in [5.41, 5.74) is 13.1. The number of fused-ring (bicyclic) bond motifs is 1. The van der Waals surface area contributed by atoms with Crippen molar-refractivity contribution in [2.24, 2.45) is 10.7 Å². The van der Waals surface area contributed by atoms with E-state index in [2.05, 4.69) is 38.8 Å². The smallest absolute Gasteiger partial charge is 0.249 e. The molecule has 2 N–H and O–H groups in total. The molecule has 3 heterocycles. The average Bonchev–Trinajstić information content (AvgIpc) is 3.20. The fraction of sp³-hybridized carbons (Fsp3) is 0.250. The minimum atomic E-state index is 0.287. The lowest BCUT2D eigenvalue weighted by atomic mass is 9.94. The van der Waals surface area contributed by atoms with Crippen LogP contribution in [0, 0.1) is 6.92 Å². The van der Waals surface area contributed by atoms with Crippen LogP contribution in [0.2, 0.25) is 0 Å². The van der Waals surface area contributed by atoms with Gasteiger partial charge in [-0.1, -0.05) is 30.3 Å². The van der Waals surface area contributed by atoms with Gasteiger partial charge in [0.2, 0.25) is 5.95 Å². The second-order valence-electron chi connectivity index (χ2n) is 7.87. The standard InChI is InChI=1S/C24H24N6/c1-16-13-27-24(28-20-10-8-19(25)9-11-20)29-23(16)21-14-26-22-12-7-18(15-30(21)22)17-5-3-2-4-6-17/h2-7,12-15,19H,8-11,25H2,1H3. The molecule has 0 radical (unpaired) electrons. The molecule has 150 valence electrons. The number of benzene rings is 1. The van der Waals surface area contributed by atoms with Gasteiger partial charge in [-0.3, -0.25) is 4.40 Å². The molecule has 6 heteroatoms. The lowest BCUT2D eigenvalue weighted by Gasteiger charge is -2.18. The van der Waals surface area contributed by atoms with Gasteiger partial charge in [-0.2, -0.15) is 0 Å². The van der Waals surface area contributed by atoms with Crippen LogP contribution >= 0.6 is 0 Å². The van der Waals surface area contributed by atoms with Crippen LogP contribution in [0.15, 0.2) is 66.0 Å². The van der Waals surface area contributed by atoms with Crippen LogP contribution < -0.4 is 5.73 Å². The fourth-order valence-electron chi connectivity index (χ4n) is 3.93. The van der Waals surface area contributed by atoms with Crippen LogP contribution in [0.5, 0.6) is 0 Å². The van der Waals surface area contributed by atoms with Gasteiger partial charge in [0.05, 0.1) is 17.6 Å². The third-order valence-electron chi connectivity index (χ3n) is 5.68. The van der Waals surface area contributed by atoms with Gasteiger partial charge in [-0.25, -0.2) is 19.9 Å². The summed E-state index contributed by atoms with van der Waals surface area (Å²) in [6.07, 6.45) is 9.63. The van der Waals surface area contributed by atoms with Crippen molar-refractivity contribution >= 4 is 17.3 Å². The number of aryl methyl sites for hydroxylation is 1. The number of rotatable bonds is 3. The van der Waals surface area contributed by atoms with Gasteiger partial charge in [-0.05, 0) is 61.4 Å². The number of aliphatic imine (C=N–C) groups is 1. The summed E-state index contributed by atoms with van der Waals surface area (Å²) in [7, 11) is 0. The Morgan fingerprint density at radius 3 is 2.57 bits per heavy atom. The average molecular weight is 396 g/mol. The van der Waals surface area contributed by atoms with E-state index in [1.54, 1.807) is 0 Å². The number of nitrogens with zero attached hydrogens (tertiary/aromatic N) is 5. The van der Waals surface area contributed by atoms with Crippen molar-refractivity contribution in [3.05, 3.63) is 66.6 Å². The minimum Gasteiger partial charge on any atom is -0.328 e. The van der Waals surface area contributed by atoms with Gasteiger partial charge in [0.15, 0.2) is 0 Å². The van der Waals surface area contributed by atoms with Crippen molar-refractivity contribution in [2.75, 3.05) is 0 Å². The monoisotopic (exact) mass is 396 g/mol. The second-order valence-corrected chi connectivity index (χ2v) is 7.87. The van der Waals surface area contributed by atoms with Crippen LogP contribution in [0.3, 0.4) is 0 Å². The molecule has 1 aliphatic rings. The van der Waals surface area contributed by atoms with Crippen LogP contribution in [-0.4, -0.2) is 31.1 Å². The number of aromatic nitrogens is 4. The molecule has 0 saturated heterocycles. The third kappa shape index (κ3) is 3.62. The highest BCUT2D eigenvalue weighted by Crippen LogP contribution is 2.27. The molecular formula is C24H24N6. The molecule has 0 bridgehead atoms. The quantitative estimate of drug-likeness (QED) is 0.542. The van der Waals surface area contributed by atoms with E-state index in [9.17, 15) is 0 Å². The van der Waals surface area contributed by atoms with Crippen molar-refractivity contribution < 1.29 is 0 Å². The maximum absolute atomic E-state index is 6.01. The Morgan fingerprint density at radius 2 is 1.77 bits per heavy atom. The Hall–Kier alpha value is -3.38. The van der Waals surface area contributed by atoms with Crippen LogP contribution in [0.4, 0.5) is 5.95 Å². The van der Waals surface area contributed by atoms with E-state index >= 15 is 0 Å². The van der Waals surface area contributed by atoms with E-state index in [1.165, 1.54) is 5.56 Å². The van der Waals surface area contributed by atoms with E-state index in [0.717, 1.165) is 59.6 Å². The first kappa shape index (κ1) is 18.6. The molecule has 5 rings (SSSR count). The summed E-state index contributed by atoms with van der Waals surface area (Å²) < 4.78 is 2.09. The van der Waals surface area contributed by atoms with Gasteiger partial charge in [0, 0.05) is 24.1 Å². The van der Waals surface area contributed by atoms with Crippen LogP contribution in [0.25, 0.3) is 28.2 Å². The lowest BCUT2D eigenvalue weighted by molar-refractivity contribution is 0.558. The molecule has 0 unspecified atom stereocenters. The molecule has 1 aromatic carbocycles. The zero-order chi connectivity index (χ0) is 20.5. The van der Waals surface area contributed by atoms with E-state index in [-0.39, 0.29) is 6.04 Å². The summed E-state index contributed by atoms with van der Waals surface area (Å²) in [6, 6.07) is 14.8. The first-order chi connectivity index (χ1) is 14.7. The van der Waals surface area contributed by atoms with Crippen molar-refractivity contribution in [3.8, 4) is 22.5 Å². The van der Waals surface area contributed by atoms with Crippen LogP contribution in [0.1, 0.15) is 31.2 Å². The Bertz CT molecular complexity index is 1220. The Balaban J connectivity index is 1.56. The molecule has 6 nitrogen and oxygen atoms in total. The van der Waals surface area contributed by atoms with Gasteiger partial charge < -0.3 is 5.73 Å². The topological polar surface area (TPSA) is 81.5 Å². The fourth-order valence-corrected chi connectivity index (χ4v) is 3.93. The molecular weight excluding hydrogens is 372 g/mol. The summed E-state index contributed by atoms with van der Waals surface area (Å²) in [4.78, 5) is 18.5. The summed E-state index contributed by atoms with van der Waals surface area (Å²) in [5, 5.41) is 0. The van der Waals surface area contributed by atoms with E-state index in [0.29, 0.717) is 5.95 Å². The maximum Gasteiger partial charge on any atom is 0.249 e. The number of hydrogen-bond acceptors (Lipinski definition) is 5. The van der Waals surface area contributed by atoms with Crippen molar-refractivity contribution in [1.82, 2.24) is 19.4 Å². The zero-order valence-corrected chi connectivity index (χ0v) is 17.0. The molecule has 0 atom stereocenters. The largest absolute Gasteiger partial charge is 0.328 e. The molecule has 1 saturated carbocycles. The Labute approximate surface area is 175 Å². The molecule has 1 fully saturated rings. The first-order valence-corrected chi connectivity index (χ1v) is 10.4. The molecule has 4 aromatic rings. The predicted octanol–water partition coefficient (Wildman–Crippen LogP) is 4.74. The van der Waals surface area contributed by atoms with E-state index in [1.807, 2.05) is 43.6 Å². The molecule has 30 heavy (non-hydrogen) atoms. The molecule has 0 aliphatic heterocycles. The van der Waals surface area contributed by atoms with Gasteiger partial charge >= 0.3 is 0 Å².